The first-order valence-corrected chi connectivity index (χ1v) is 21.9. The number of imide groups is 2. The summed E-state index contributed by atoms with van der Waals surface area (Å²) >= 11 is 0. The summed E-state index contributed by atoms with van der Waals surface area (Å²) in [7, 11) is 0. The summed E-state index contributed by atoms with van der Waals surface area (Å²) in [6.07, 6.45) is 19.4. The molecule has 0 spiro atoms. The number of carbonyl (C=O) groups excluding carboxylic acids is 4. The second-order valence-electron chi connectivity index (χ2n) is 16.6. The Morgan fingerprint density at radius 3 is 1.25 bits per heavy atom. The highest BCUT2D eigenvalue weighted by molar-refractivity contribution is 6.41. The molecule has 0 bridgehead atoms. The van der Waals surface area contributed by atoms with Crippen LogP contribution in [0.15, 0.2) is 48.5 Å². The predicted molar refractivity (Wildman–Crippen MR) is 229 cm³/mol. The van der Waals surface area contributed by atoms with Gasteiger partial charge in [-0.3, -0.25) is 33.8 Å². The predicted octanol–water partition coefficient (Wildman–Crippen LogP) is 12.2. The molecular formula is C49H58N2O6. The Bertz CT molecular complexity index is 2180. The number of carbonyl (C=O) groups is 5. The minimum absolute atomic E-state index is 0.125. The van der Waals surface area contributed by atoms with Crippen molar-refractivity contribution in [1.82, 2.24) is 9.80 Å². The van der Waals surface area contributed by atoms with E-state index in [1.54, 1.807) is 4.90 Å². The number of amides is 4. The SMILES string of the molecule is CCCCCCC(CCCCCC)N1C(=O)c2ccc3c4ccc5c6c(ccc(c7ccc(c2c37)C1=O)c64)C(=O)N(CCCCCCCCCCCC(=O)O)C5=O. The molecule has 1 N–H and O–H groups in total. The van der Waals surface area contributed by atoms with Gasteiger partial charge >= 0.3 is 5.97 Å². The molecule has 0 fully saturated rings. The molecule has 0 aromatic heterocycles. The molecule has 0 saturated carbocycles. The lowest BCUT2D eigenvalue weighted by molar-refractivity contribution is -0.137. The van der Waals surface area contributed by atoms with Crippen molar-refractivity contribution in [3.05, 3.63) is 70.8 Å². The Morgan fingerprint density at radius 2 is 0.842 bits per heavy atom. The van der Waals surface area contributed by atoms with Crippen molar-refractivity contribution in [2.45, 2.75) is 148 Å². The molecule has 57 heavy (non-hydrogen) atoms. The van der Waals surface area contributed by atoms with Crippen molar-refractivity contribution >= 4 is 72.7 Å². The number of rotatable bonds is 23. The van der Waals surface area contributed by atoms with Crippen LogP contribution in [0, 0.1) is 0 Å². The quantitative estimate of drug-likeness (QED) is 0.0306. The van der Waals surface area contributed by atoms with E-state index >= 15 is 0 Å². The number of unbranched alkanes of at least 4 members (excludes halogenated alkanes) is 14. The minimum Gasteiger partial charge on any atom is -0.481 e. The topological polar surface area (TPSA) is 112 Å². The van der Waals surface area contributed by atoms with Crippen molar-refractivity contribution < 1.29 is 29.1 Å². The Kier molecular flexibility index (Phi) is 12.9. The number of hydrogen-bond acceptors (Lipinski definition) is 5. The van der Waals surface area contributed by atoms with E-state index in [0.29, 0.717) is 39.6 Å². The zero-order valence-electron chi connectivity index (χ0n) is 33.9. The molecule has 8 heteroatoms. The second-order valence-corrected chi connectivity index (χ2v) is 16.6. The summed E-state index contributed by atoms with van der Waals surface area (Å²) in [6, 6.07) is 15.3. The fourth-order valence-corrected chi connectivity index (χ4v) is 9.67. The first-order chi connectivity index (χ1) is 27.8. The lowest BCUT2D eigenvalue weighted by Gasteiger charge is -2.35. The van der Waals surface area contributed by atoms with E-state index in [-0.39, 0.29) is 36.1 Å². The van der Waals surface area contributed by atoms with Crippen LogP contribution in [-0.2, 0) is 4.79 Å². The summed E-state index contributed by atoms with van der Waals surface area (Å²) in [5.41, 5.74) is 2.21. The molecular weight excluding hydrogens is 713 g/mol. The Hall–Kier alpha value is -4.85. The first-order valence-electron chi connectivity index (χ1n) is 21.9. The van der Waals surface area contributed by atoms with E-state index in [4.69, 9.17) is 5.11 Å². The van der Waals surface area contributed by atoms with E-state index in [0.717, 1.165) is 154 Å². The van der Waals surface area contributed by atoms with Gasteiger partial charge in [-0.25, -0.2) is 0 Å². The van der Waals surface area contributed by atoms with Crippen LogP contribution in [0.3, 0.4) is 0 Å². The number of fused-ring (bicyclic) bond motifs is 2. The molecule has 5 aromatic carbocycles. The van der Waals surface area contributed by atoms with Crippen LogP contribution in [0.4, 0.5) is 0 Å². The van der Waals surface area contributed by atoms with Gasteiger partial charge in [-0.15, -0.1) is 0 Å². The normalized spacial score (nSPS) is 14.2. The summed E-state index contributed by atoms with van der Waals surface area (Å²) in [5, 5.41) is 15.6. The van der Waals surface area contributed by atoms with Crippen molar-refractivity contribution in [2.24, 2.45) is 0 Å². The van der Waals surface area contributed by atoms with Gasteiger partial charge in [0.25, 0.3) is 23.6 Å². The van der Waals surface area contributed by atoms with Gasteiger partial charge < -0.3 is 5.11 Å². The van der Waals surface area contributed by atoms with E-state index in [1.165, 1.54) is 4.90 Å². The highest BCUT2D eigenvalue weighted by Gasteiger charge is 2.39. The molecule has 2 aliphatic heterocycles. The summed E-state index contributed by atoms with van der Waals surface area (Å²) in [5.74, 6) is -1.66. The zero-order valence-corrected chi connectivity index (χ0v) is 33.9. The van der Waals surface area contributed by atoms with Crippen molar-refractivity contribution in [1.29, 1.82) is 0 Å². The number of carboxylic acid groups (broad SMARTS) is 1. The molecule has 0 saturated heterocycles. The summed E-state index contributed by atoms with van der Waals surface area (Å²) < 4.78 is 0. The highest BCUT2D eigenvalue weighted by Crippen LogP contribution is 2.46. The molecule has 7 rings (SSSR count). The van der Waals surface area contributed by atoms with Crippen molar-refractivity contribution in [2.75, 3.05) is 6.54 Å². The van der Waals surface area contributed by atoms with Crippen LogP contribution >= 0.6 is 0 Å². The number of hydrogen-bond donors (Lipinski definition) is 1. The average molecular weight is 771 g/mol. The van der Waals surface area contributed by atoms with Gasteiger partial charge in [0, 0.05) is 52.0 Å². The fraction of sp³-hybridized carbons (Fsp3) is 0.490. The van der Waals surface area contributed by atoms with Crippen LogP contribution in [0.25, 0.3) is 43.1 Å². The molecule has 300 valence electrons. The fourth-order valence-electron chi connectivity index (χ4n) is 9.67. The van der Waals surface area contributed by atoms with Crippen molar-refractivity contribution in [3.8, 4) is 0 Å². The molecule has 0 aliphatic carbocycles. The average Bonchev–Trinajstić information content (AvgIpc) is 3.21. The monoisotopic (exact) mass is 770 g/mol. The maximum atomic E-state index is 14.4. The summed E-state index contributed by atoms with van der Waals surface area (Å²) in [4.78, 5) is 70.6. The van der Waals surface area contributed by atoms with Crippen molar-refractivity contribution in [3.63, 3.8) is 0 Å². The molecule has 2 aliphatic rings. The smallest absolute Gasteiger partial charge is 0.303 e. The molecule has 0 atom stereocenters. The van der Waals surface area contributed by atoms with Crippen LogP contribution in [0.2, 0.25) is 0 Å². The minimum atomic E-state index is -0.730. The third-order valence-electron chi connectivity index (χ3n) is 12.7. The number of aliphatic carboxylic acids is 1. The van der Waals surface area contributed by atoms with Crippen LogP contribution in [0.5, 0.6) is 0 Å². The first kappa shape index (κ1) is 40.4. The molecule has 8 nitrogen and oxygen atoms in total. The lowest BCUT2D eigenvalue weighted by atomic mass is 9.82. The Balaban J connectivity index is 1.13. The molecule has 2 heterocycles. The number of benzene rings is 5. The standard InChI is InChI=1S/C49H58N2O6/c1-3-5-7-16-20-32(21-17-8-6-4-2)51-48(56)39-29-25-35-33-23-27-37-44-38(28-24-34(42(33)44)36-26-30-40(49(51)57)45(39)43(35)36)47(55)50(46(37)54)31-19-15-13-11-9-10-12-14-18-22-41(52)53/h23-30,32H,3-22,31H2,1-2H3,(H,52,53). The maximum Gasteiger partial charge on any atom is 0.303 e. The largest absolute Gasteiger partial charge is 0.481 e. The third kappa shape index (κ3) is 7.89. The van der Waals surface area contributed by atoms with Gasteiger partial charge in [0.05, 0.1) is 0 Å². The summed E-state index contributed by atoms with van der Waals surface area (Å²) in [6.45, 7) is 4.76. The van der Waals surface area contributed by atoms with Gasteiger partial charge in [0.1, 0.15) is 0 Å². The zero-order chi connectivity index (χ0) is 40.1. The Morgan fingerprint density at radius 1 is 0.474 bits per heavy atom. The third-order valence-corrected chi connectivity index (χ3v) is 12.7. The van der Waals surface area contributed by atoms with Gasteiger partial charge in [0.2, 0.25) is 0 Å². The second kappa shape index (κ2) is 18.2. The van der Waals surface area contributed by atoms with Crippen LogP contribution < -0.4 is 0 Å². The van der Waals surface area contributed by atoms with Gasteiger partial charge in [0.15, 0.2) is 0 Å². The molecule has 0 radical (unpaired) electrons. The van der Waals surface area contributed by atoms with Crippen LogP contribution in [-0.4, -0.2) is 57.1 Å². The number of nitrogens with zero attached hydrogens (tertiary/aromatic N) is 2. The van der Waals surface area contributed by atoms with E-state index < -0.39 is 5.97 Å². The number of carboxylic acids is 1. The molecule has 5 aromatic rings. The molecule has 4 amide bonds. The Labute approximate surface area is 336 Å². The highest BCUT2D eigenvalue weighted by atomic mass is 16.4. The van der Waals surface area contributed by atoms with Gasteiger partial charge in [-0.2, -0.15) is 0 Å². The van der Waals surface area contributed by atoms with Gasteiger partial charge in [-0.05, 0) is 82.3 Å². The lowest BCUT2D eigenvalue weighted by Crippen LogP contribution is -2.47. The van der Waals surface area contributed by atoms with E-state index in [1.807, 2.05) is 48.5 Å². The van der Waals surface area contributed by atoms with E-state index in [9.17, 15) is 24.0 Å². The maximum absolute atomic E-state index is 14.4. The van der Waals surface area contributed by atoms with Gasteiger partial charge in [-0.1, -0.05) is 134 Å². The van der Waals surface area contributed by atoms with E-state index in [2.05, 4.69) is 13.8 Å². The van der Waals surface area contributed by atoms with Crippen LogP contribution in [0.1, 0.15) is 184 Å². The molecule has 0 unspecified atom stereocenters.